The lowest BCUT2D eigenvalue weighted by molar-refractivity contribution is 0.268. The van der Waals surface area contributed by atoms with E-state index in [2.05, 4.69) is 19.2 Å². The highest BCUT2D eigenvalue weighted by Gasteiger charge is 2.36. The molecule has 0 aromatic carbocycles. The third-order valence-corrected chi connectivity index (χ3v) is 2.51. The summed E-state index contributed by atoms with van der Waals surface area (Å²) in [5, 5.41) is 12.0. The molecule has 0 aromatic rings. The number of aliphatic hydroxyl groups excluding tert-OH is 1. The van der Waals surface area contributed by atoms with Crippen molar-refractivity contribution in [1.29, 1.82) is 0 Å². The van der Waals surface area contributed by atoms with E-state index in [0.717, 1.165) is 18.9 Å². The highest BCUT2D eigenvalue weighted by molar-refractivity contribution is 4.93. The number of aliphatic hydroxyl groups is 1. The fourth-order valence-corrected chi connectivity index (χ4v) is 1.44. The van der Waals surface area contributed by atoms with Gasteiger partial charge in [-0.2, -0.15) is 0 Å². The van der Waals surface area contributed by atoms with E-state index in [-0.39, 0.29) is 0 Å². The zero-order valence-corrected chi connectivity index (χ0v) is 7.56. The lowest BCUT2D eigenvalue weighted by Gasteiger charge is -2.26. The van der Waals surface area contributed by atoms with E-state index in [4.69, 9.17) is 5.11 Å². The van der Waals surface area contributed by atoms with E-state index in [1.807, 2.05) is 0 Å². The summed E-state index contributed by atoms with van der Waals surface area (Å²) in [5.41, 5.74) is 0.301. The van der Waals surface area contributed by atoms with Crippen LogP contribution in [0.4, 0.5) is 0 Å². The molecule has 0 amide bonds. The summed E-state index contributed by atoms with van der Waals surface area (Å²) in [6, 6.07) is 0. The van der Waals surface area contributed by atoms with Gasteiger partial charge in [0.1, 0.15) is 0 Å². The number of hydrogen-bond acceptors (Lipinski definition) is 2. The average Bonchev–Trinajstić information content (AvgIpc) is 2.68. The molecular weight excluding hydrogens is 138 g/mol. The minimum Gasteiger partial charge on any atom is -0.396 e. The van der Waals surface area contributed by atoms with Crippen molar-refractivity contribution in [3.63, 3.8) is 0 Å². The molecule has 1 aliphatic rings. The third-order valence-electron chi connectivity index (χ3n) is 2.51. The number of hydrogen-bond donors (Lipinski definition) is 2. The van der Waals surface area contributed by atoms with E-state index < -0.39 is 0 Å². The number of nitrogens with one attached hydrogen (secondary N) is 1. The molecule has 2 heteroatoms. The van der Waals surface area contributed by atoms with Gasteiger partial charge in [0.2, 0.25) is 0 Å². The average molecular weight is 157 g/mol. The van der Waals surface area contributed by atoms with Crippen LogP contribution in [0.2, 0.25) is 0 Å². The largest absolute Gasteiger partial charge is 0.396 e. The maximum absolute atomic E-state index is 8.58. The second kappa shape index (κ2) is 3.55. The standard InChI is InChI=1S/C9H19NO/c1-9(2,8-4-5-8)10-6-3-7-11/h8,10-11H,3-7H2,1-2H3. The molecule has 0 heterocycles. The van der Waals surface area contributed by atoms with Crippen LogP contribution in [0.15, 0.2) is 0 Å². The normalized spacial score (nSPS) is 18.8. The van der Waals surface area contributed by atoms with Gasteiger partial charge in [-0.3, -0.25) is 0 Å². The van der Waals surface area contributed by atoms with Crippen LogP contribution in [0.1, 0.15) is 33.1 Å². The van der Waals surface area contributed by atoms with Crippen LogP contribution in [-0.4, -0.2) is 23.8 Å². The Kier molecular flexibility index (Phi) is 2.90. The predicted octanol–water partition coefficient (Wildman–Crippen LogP) is 1.15. The molecule has 1 aliphatic carbocycles. The molecule has 11 heavy (non-hydrogen) atoms. The zero-order valence-electron chi connectivity index (χ0n) is 7.56. The van der Waals surface area contributed by atoms with Gasteiger partial charge in [-0.25, -0.2) is 0 Å². The van der Waals surface area contributed by atoms with E-state index in [1.54, 1.807) is 0 Å². The van der Waals surface area contributed by atoms with Crippen LogP contribution < -0.4 is 5.32 Å². The molecule has 0 spiro atoms. The lowest BCUT2D eigenvalue weighted by atomic mass is 9.99. The molecule has 1 fully saturated rings. The Hall–Kier alpha value is -0.0800. The highest BCUT2D eigenvalue weighted by Crippen LogP contribution is 2.38. The molecular formula is C9H19NO. The summed E-state index contributed by atoms with van der Waals surface area (Å²) in [4.78, 5) is 0. The van der Waals surface area contributed by atoms with Crippen molar-refractivity contribution in [3.8, 4) is 0 Å². The Morgan fingerprint density at radius 2 is 2.09 bits per heavy atom. The topological polar surface area (TPSA) is 32.3 Å². The summed E-state index contributed by atoms with van der Waals surface area (Å²) >= 11 is 0. The van der Waals surface area contributed by atoms with Crippen molar-refractivity contribution < 1.29 is 5.11 Å². The summed E-state index contributed by atoms with van der Waals surface area (Å²) in [6.45, 7) is 5.75. The first-order chi connectivity index (χ1) is 5.17. The second-order valence-electron chi connectivity index (χ2n) is 4.00. The zero-order chi connectivity index (χ0) is 8.32. The Bertz CT molecular complexity index is 119. The minimum absolute atomic E-state index is 0.299. The molecule has 2 N–H and O–H groups in total. The smallest absolute Gasteiger partial charge is 0.0443 e. The molecule has 2 nitrogen and oxygen atoms in total. The van der Waals surface area contributed by atoms with Crippen LogP contribution in [0.3, 0.4) is 0 Å². The van der Waals surface area contributed by atoms with Crippen molar-refractivity contribution in [1.82, 2.24) is 5.32 Å². The SMILES string of the molecule is CC(C)(NCCCO)C1CC1. The molecule has 1 rings (SSSR count). The molecule has 0 atom stereocenters. The quantitative estimate of drug-likeness (QED) is 0.587. The van der Waals surface area contributed by atoms with E-state index >= 15 is 0 Å². The van der Waals surface area contributed by atoms with Gasteiger partial charge in [-0.15, -0.1) is 0 Å². The van der Waals surface area contributed by atoms with E-state index in [0.29, 0.717) is 12.1 Å². The first kappa shape index (κ1) is 9.01. The Balaban J connectivity index is 2.12. The van der Waals surface area contributed by atoms with E-state index in [9.17, 15) is 0 Å². The Morgan fingerprint density at radius 1 is 1.45 bits per heavy atom. The molecule has 0 saturated heterocycles. The van der Waals surface area contributed by atoms with Crippen LogP contribution in [0, 0.1) is 5.92 Å². The summed E-state index contributed by atoms with van der Waals surface area (Å²) in [7, 11) is 0. The Labute approximate surface area is 69.0 Å². The van der Waals surface area contributed by atoms with Gasteiger partial charge in [-0.1, -0.05) is 0 Å². The fourth-order valence-electron chi connectivity index (χ4n) is 1.44. The fraction of sp³-hybridized carbons (Fsp3) is 1.00. The molecule has 0 aromatic heterocycles. The van der Waals surface area contributed by atoms with Crippen LogP contribution >= 0.6 is 0 Å². The predicted molar refractivity (Wildman–Crippen MR) is 46.5 cm³/mol. The molecule has 0 unspecified atom stereocenters. The van der Waals surface area contributed by atoms with Gasteiger partial charge in [0.15, 0.2) is 0 Å². The lowest BCUT2D eigenvalue weighted by Crippen LogP contribution is -2.42. The van der Waals surface area contributed by atoms with Gasteiger partial charge < -0.3 is 10.4 Å². The maximum Gasteiger partial charge on any atom is 0.0443 e. The first-order valence-corrected chi connectivity index (χ1v) is 4.52. The molecule has 0 aliphatic heterocycles. The van der Waals surface area contributed by atoms with Gasteiger partial charge in [-0.05, 0) is 45.6 Å². The van der Waals surface area contributed by atoms with E-state index in [1.165, 1.54) is 12.8 Å². The van der Waals surface area contributed by atoms with Crippen LogP contribution in [0.25, 0.3) is 0 Å². The van der Waals surface area contributed by atoms with Crippen molar-refractivity contribution in [2.75, 3.05) is 13.2 Å². The highest BCUT2D eigenvalue weighted by atomic mass is 16.3. The summed E-state index contributed by atoms with van der Waals surface area (Å²) in [6.07, 6.45) is 3.62. The molecule has 0 bridgehead atoms. The third kappa shape index (κ3) is 2.80. The summed E-state index contributed by atoms with van der Waals surface area (Å²) in [5.74, 6) is 0.876. The van der Waals surface area contributed by atoms with Crippen molar-refractivity contribution in [3.05, 3.63) is 0 Å². The van der Waals surface area contributed by atoms with Gasteiger partial charge in [0, 0.05) is 12.1 Å². The van der Waals surface area contributed by atoms with Gasteiger partial charge in [0.25, 0.3) is 0 Å². The van der Waals surface area contributed by atoms with Crippen molar-refractivity contribution >= 4 is 0 Å². The molecule has 0 radical (unpaired) electrons. The number of rotatable bonds is 5. The molecule has 66 valence electrons. The monoisotopic (exact) mass is 157 g/mol. The van der Waals surface area contributed by atoms with Crippen LogP contribution in [0.5, 0.6) is 0 Å². The Morgan fingerprint density at radius 3 is 2.55 bits per heavy atom. The van der Waals surface area contributed by atoms with Gasteiger partial charge in [0.05, 0.1) is 0 Å². The van der Waals surface area contributed by atoms with Crippen molar-refractivity contribution in [2.45, 2.75) is 38.6 Å². The van der Waals surface area contributed by atoms with Crippen LogP contribution in [-0.2, 0) is 0 Å². The van der Waals surface area contributed by atoms with Crippen molar-refractivity contribution in [2.24, 2.45) is 5.92 Å². The first-order valence-electron chi connectivity index (χ1n) is 4.52. The summed E-state index contributed by atoms with van der Waals surface area (Å²) < 4.78 is 0. The second-order valence-corrected chi connectivity index (χ2v) is 4.00. The maximum atomic E-state index is 8.58. The minimum atomic E-state index is 0.299. The van der Waals surface area contributed by atoms with Gasteiger partial charge >= 0.3 is 0 Å². The molecule has 1 saturated carbocycles.